The van der Waals surface area contributed by atoms with Crippen LogP contribution in [0.4, 0.5) is 0 Å². The molecule has 0 aromatic carbocycles. The fourth-order valence-electron chi connectivity index (χ4n) is 4.41. The number of piperazine rings is 1. The molecule has 0 N–H and O–H groups in total. The molecule has 4 aliphatic rings. The van der Waals surface area contributed by atoms with Crippen molar-refractivity contribution in [1.29, 1.82) is 0 Å². The molecule has 4 rings (SSSR count). The van der Waals surface area contributed by atoms with E-state index in [1.165, 1.54) is 0 Å². The van der Waals surface area contributed by atoms with Gasteiger partial charge in [0, 0.05) is 38.6 Å². The van der Waals surface area contributed by atoms with E-state index in [2.05, 4.69) is 14.7 Å². The molecule has 0 saturated carbocycles. The van der Waals surface area contributed by atoms with E-state index in [1.807, 2.05) is 13.8 Å². The van der Waals surface area contributed by atoms with Crippen LogP contribution in [0.15, 0.2) is 0 Å². The number of amides is 1. The number of nitrogens with zero attached hydrogens (tertiary/aromatic N) is 3. The van der Waals surface area contributed by atoms with Crippen molar-refractivity contribution in [2.75, 3.05) is 59.2 Å². The van der Waals surface area contributed by atoms with Gasteiger partial charge in [-0.2, -0.15) is 0 Å². The number of rotatable bonds is 2. The average Bonchev–Trinajstić information content (AvgIpc) is 2.42. The van der Waals surface area contributed by atoms with Gasteiger partial charge in [0.1, 0.15) is 0 Å². The molecule has 4 aliphatic heterocycles. The van der Waals surface area contributed by atoms with Gasteiger partial charge in [-0.15, -0.1) is 0 Å². The van der Waals surface area contributed by atoms with Gasteiger partial charge in [-0.05, 0) is 0 Å². The molecule has 0 aromatic rings. The quantitative estimate of drug-likeness (QED) is 0.697. The molecule has 0 bridgehead atoms. The lowest BCUT2D eigenvalue weighted by atomic mass is 9.81. The molecule has 0 unspecified atom stereocenters. The summed E-state index contributed by atoms with van der Waals surface area (Å²) in [5.74, 6) is 0.361. The third-order valence-corrected chi connectivity index (χ3v) is 5.69. The fourth-order valence-corrected chi connectivity index (χ4v) is 4.41. The predicted octanol–water partition coefficient (Wildman–Crippen LogP) is -0.361. The van der Waals surface area contributed by atoms with Gasteiger partial charge in [-0.1, -0.05) is 13.8 Å². The Kier molecular flexibility index (Phi) is 3.68. The molecule has 0 radical (unpaired) electrons. The summed E-state index contributed by atoms with van der Waals surface area (Å²) in [6.45, 7) is 12.2. The van der Waals surface area contributed by atoms with Crippen molar-refractivity contribution < 1.29 is 14.3 Å². The van der Waals surface area contributed by atoms with Crippen molar-refractivity contribution in [3.05, 3.63) is 0 Å². The van der Waals surface area contributed by atoms with Crippen molar-refractivity contribution in [2.24, 2.45) is 5.92 Å². The number of hydrogen-bond acceptors (Lipinski definition) is 5. The molecule has 124 valence electrons. The van der Waals surface area contributed by atoms with E-state index in [0.717, 1.165) is 59.2 Å². The first-order chi connectivity index (χ1) is 10.6. The number of morpholine rings is 1. The lowest BCUT2D eigenvalue weighted by Gasteiger charge is -2.65. The normalized spacial score (nSPS) is 32.7. The number of carbonyl (C=O) groups excluding carboxylic acids is 1. The largest absolute Gasteiger partial charge is 0.378 e. The maximum absolute atomic E-state index is 12.5. The molecule has 6 heteroatoms. The van der Waals surface area contributed by atoms with Gasteiger partial charge >= 0.3 is 0 Å². The summed E-state index contributed by atoms with van der Waals surface area (Å²) >= 11 is 0. The minimum Gasteiger partial charge on any atom is -0.378 e. The summed E-state index contributed by atoms with van der Waals surface area (Å²) in [5, 5.41) is 0. The van der Waals surface area contributed by atoms with Gasteiger partial charge in [-0.25, -0.2) is 0 Å². The monoisotopic (exact) mass is 309 g/mol. The summed E-state index contributed by atoms with van der Waals surface area (Å²) < 4.78 is 11.0. The molecule has 0 aliphatic carbocycles. The first kappa shape index (κ1) is 14.9. The van der Waals surface area contributed by atoms with Gasteiger partial charge in [0.2, 0.25) is 5.91 Å². The Morgan fingerprint density at radius 3 is 2.45 bits per heavy atom. The predicted molar refractivity (Wildman–Crippen MR) is 81.6 cm³/mol. The lowest BCUT2D eigenvalue weighted by molar-refractivity contribution is -0.199. The van der Waals surface area contributed by atoms with Crippen LogP contribution in [-0.4, -0.2) is 97.4 Å². The van der Waals surface area contributed by atoms with Crippen LogP contribution in [0.1, 0.15) is 13.8 Å². The molecule has 1 atom stereocenters. The summed E-state index contributed by atoms with van der Waals surface area (Å²) in [4.78, 5) is 19.8. The Labute approximate surface area is 132 Å². The Morgan fingerprint density at radius 2 is 1.82 bits per heavy atom. The van der Waals surface area contributed by atoms with Crippen LogP contribution in [-0.2, 0) is 14.3 Å². The maximum Gasteiger partial charge on any atom is 0.225 e. The van der Waals surface area contributed by atoms with E-state index in [0.29, 0.717) is 12.1 Å². The van der Waals surface area contributed by atoms with Crippen LogP contribution in [0.3, 0.4) is 0 Å². The second-order valence-corrected chi connectivity index (χ2v) is 7.62. The SMILES string of the molecule is CC(C)C(=O)N1C[C@@H]2COCCN2C2(C1)CN(C1COC1)C2. The molecule has 6 nitrogen and oxygen atoms in total. The maximum atomic E-state index is 12.5. The highest BCUT2D eigenvalue weighted by molar-refractivity contribution is 5.78. The third-order valence-electron chi connectivity index (χ3n) is 5.69. The Morgan fingerprint density at radius 1 is 1.09 bits per heavy atom. The van der Waals surface area contributed by atoms with Crippen molar-refractivity contribution in [3.8, 4) is 0 Å². The molecule has 4 heterocycles. The topological polar surface area (TPSA) is 45.2 Å². The Bertz CT molecular complexity index is 446. The average molecular weight is 309 g/mol. The van der Waals surface area contributed by atoms with E-state index in [4.69, 9.17) is 9.47 Å². The number of ether oxygens (including phenoxy) is 2. The third kappa shape index (κ3) is 2.28. The summed E-state index contributed by atoms with van der Waals surface area (Å²) in [7, 11) is 0. The van der Waals surface area contributed by atoms with Crippen molar-refractivity contribution in [2.45, 2.75) is 31.5 Å². The molecular formula is C16H27N3O3. The van der Waals surface area contributed by atoms with E-state index in [9.17, 15) is 4.79 Å². The fraction of sp³-hybridized carbons (Fsp3) is 0.938. The minimum atomic E-state index is 0.0734. The molecule has 22 heavy (non-hydrogen) atoms. The van der Waals surface area contributed by atoms with Gasteiger partial charge < -0.3 is 14.4 Å². The van der Waals surface area contributed by atoms with Gasteiger partial charge in [0.25, 0.3) is 0 Å². The van der Waals surface area contributed by atoms with Crippen LogP contribution < -0.4 is 0 Å². The van der Waals surface area contributed by atoms with Crippen LogP contribution in [0.5, 0.6) is 0 Å². The van der Waals surface area contributed by atoms with Crippen molar-refractivity contribution in [3.63, 3.8) is 0 Å². The Balaban J connectivity index is 1.51. The number of likely N-dealkylation sites (tertiary alicyclic amines) is 1. The van der Waals surface area contributed by atoms with Crippen molar-refractivity contribution >= 4 is 5.91 Å². The van der Waals surface area contributed by atoms with E-state index in [1.54, 1.807) is 0 Å². The number of fused-ring (bicyclic) bond motifs is 2. The van der Waals surface area contributed by atoms with Crippen LogP contribution in [0.25, 0.3) is 0 Å². The smallest absolute Gasteiger partial charge is 0.225 e. The van der Waals surface area contributed by atoms with E-state index in [-0.39, 0.29) is 17.4 Å². The molecular weight excluding hydrogens is 282 g/mol. The Hall–Kier alpha value is -0.690. The standard InChI is InChI=1S/C16H27N3O3/c1-12(2)15(20)17-5-13-6-21-4-3-19(13)16(9-17)10-18(11-16)14-7-22-8-14/h12-14H,3-11H2,1-2H3/t13-/m1/s1. The summed E-state index contributed by atoms with van der Waals surface area (Å²) in [6, 6.07) is 0.964. The zero-order valence-corrected chi connectivity index (χ0v) is 13.7. The molecule has 4 saturated heterocycles. The van der Waals surface area contributed by atoms with Crippen LogP contribution in [0, 0.1) is 5.92 Å². The van der Waals surface area contributed by atoms with E-state index < -0.39 is 0 Å². The van der Waals surface area contributed by atoms with Gasteiger partial charge in [0.05, 0.1) is 44.1 Å². The number of carbonyl (C=O) groups is 1. The first-order valence-electron chi connectivity index (χ1n) is 8.54. The van der Waals surface area contributed by atoms with Gasteiger partial charge in [0.15, 0.2) is 0 Å². The highest BCUT2D eigenvalue weighted by atomic mass is 16.5. The highest BCUT2D eigenvalue weighted by Crippen LogP contribution is 2.37. The number of hydrogen-bond donors (Lipinski definition) is 0. The summed E-state index contributed by atoms with van der Waals surface area (Å²) in [5.41, 5.74) is 0.146. The van der Waals surface area contributed by atoms with Crippen molar-refractivity contribution in [1.82, 2.24) is 14.7 Å². The zero-order chi connectivity index (χ0) is 15.3. The highest BCUT2D eigenvalue weighted by Gasteiger charge is 2.56. The molecule has 1 spiro atoms. The zero-order valence-electron chi connectivity index (χ0n) is 13.7. The second kappa shape index (κ2) is 5.44. The first-order valence-corrected chi connectivity index (χ1v) is 8.54. The van der Waals surface area contributed by atoms with Crippen LogP contribution >= 0.6 is 0 Å². The lowest BCUT2D eigenvalue weighted by Crippen LogP contribution is -2.82. The molecule has 4 fully saturated rings. The summed E-state index contributed by atoms with van der Waals surface area (Å²) in [6.07, 6.45) is 0. The van der Waals surface area contributed by atoms with Gasteiger partial charge in [-0.3, -0.25) is 14.6 Å². The van der Waals surface area contributed by atoms with E-state index >= 15 is 0 Å². The minimum absolute atomic E-state index is 0.0734. The molecule has 1 amide bonds. The second-order valence-electron chi connectivity index (χ2n) is 7.62. The van der Waals surface area contributed by atoms with Crippen LogP contribution in [0.2, 0.25) is 0 Å². The molecule has 0 aromatic heterocycles.